The molecule has 1 aromatic heterocycles. The number of carbonyl (C=O) groups is 1. The van der Waals surface area contributed by atoms with Crippen LogP contribution in [0.1, 0.15) is 13.3 Å². The molecule has 0 amide bonds. The topological polar surface area (TPSA) is 95.0 Å². The van der Waals surface area contributed by atoms with Crippen molar-refractivity contribution in [2.75, 3.05) is 18.0 Å². The number of aliphatic carboxylic acids is 1. The zero-order chi connectivity index (χ0) is 14.5. The maximum Gasteiger partial charge on any atom is 0.305 e. The summed E-state index contributed by atoms with van der Waals surface area (Å²) in [4.78, 5) is 12.6. The molecule has 0 aliphatic carbocycles. The van der Waals surface area contributed by atoms with Gasteiger partial charge in [0.2, 0.25) is 0 Å². The average molecular weight is 273 g/mol. The van der Waals surface area contributed by atoms with Gasteiger partial charge in [-0.3, -0.25) is 4.79 Å². The van der Waals surface area contributed by atoms with Crippen molar-refractivity contribution in [1.82, 2.24) is 15.0 Å². The molecule has 0 spiro atoms. The number of hydrogen-bond donors (Lipinski definition) is 1. The first kappa shape index (κ1) is 13.8. The summed E-state index contributed by atoms with van der Waals surface area (Å²) in [6.07, 6.45) is 0.0903. The Morgan fingerprint density at radius 1 is 1.55 bits per heavy atom. The van der Waals surface area contributed by atoms with Gasteiger partial charge in [0.05, 0.1) is 18.0 Å². The maximum absolute atomic E-state index is 10.7. The van der Waals surface area contributed by atoms with Crippen LogP contribution in [0.25, 0.3) is 11.0 Å². The van der Waals surface area contributed by atoms with E-state index >= 15 is 0 Å². The number of benzene rings is 1. The van der Waals surface area contributed by atoms with Gasteiger partial charge < -0.3 is 10.0 Å². The van der Waals surface area contributed by atoms with Gasteiger partial charge in [0.1, 0.15) is 12.1 Å². The number of hydrogen-bond acceptors (Lipinski definition) is 5. The molecule has 7 nitrogen and oxygen atoms in total. The summed E-state index contributed by atoms with van der Waals surface area (Å²) in [6.45, 7) is 3.29. The van der Waals surface area contributed by atoms with Crippen LogP contribution in [0.3, 0.4) is 0 Å². The minimum Gasteiger partial charge on any atom is -0.481 e. The molecule has 0 radical (unpaired) electrons. The second-order valence-corrected chi connectivity index (χ2v) is 4.30. The van der Waals surface area contributed by atoms with E-state index in [0.29, 0.717) is 18.6 Å². The van der Waals surface area contributed by atoms with E-state index in [1.54, 1.807) is 0 Å². The lowest BCUT2D eigenvalue weighted by molar-refractivity contribution is -0.136. The first-order valence-corrected chi connectivity index (χ1v) is 6.32. The van der Waals surface area contributed by atoms with Gasteiger partial charge in [-0.15, -0.1) is 5.10 Å². The number of carboxylic acids is 1. The monoisotopic (exact) mass is 273 g/mol. The normalized spacial score (nSPS) is 10.4. The van der Waals surface area contributed by atoms with Crippen molar-refractivity contribution >= 4 is 22.7 Å². The fraction of sp³-hybridized carbons (Fsp3) is 0.385. The van der Waals surface area contributed by atoms with Crippen LogP contribution >= 0.6 is 0 Å². The Balaban J connectivity index is 2.26. The second kappa shape index (κ2) is 6.02. The van der Waals surface area contributed by atoms with Crippen LogP contribution in [0.4, 0.5) is 5.69 Å². The van der Waals surface area contributed by atoms with Crippen molar-refractivity contribution in [2.24, 2.45) is 0 Å². The smallest absolute Gasteiger partial charge is 0.305 e. The summed E-state index contributed by atoms with van der Waals surface area (Å²) in [5.41, 5.74) is 2.40. The summed E-state index contributed by atoms with van der Waals surface area (Å²) in [5.74, 6) is -0.815. The summed E-state index contributed by atoms with van der Waals surface area (Å²) < 4.78 is 1.53. The molecule has 0 unspecified atom stereocenters. The Bertz CT molecular complexity index is 658. The quantitative estimate of drug-likeness (QED) is 0.851. The summed E-state index contributed by atoms with van der Waals surface area (Å²) in [6, 6.07) is 7.64. The zero-order valence-corrected chi connectivity index (χ0v) is 11.2. The fourth-order valence-corrected chi connectivity index (χ4v) is 2.04. The van der Waals surface area contributed by atoms with E-state index in [2.05, 4.69) is 10.3 Å². The highest BCUT2D eigenvalue weighted by Crippen LogP contribution is 2.20. The third kappa shape index (κ3) is 2.85. The van der Waals surface area contributed by atoms with Crippen molar-refractivity contribution in [2.45, 2.75) is 19.9 Å². The number of anilines is 1. The van der Waals surface area contributed by atoms with Crippen LogP contribution in [0, 0.1) is 11.3 Å². The number of carboxylic acid groups (broad SMARTS) is 1. The van der Waals surface area contributed by atoms with Crippen molar-refractivity contribution in [3.63, 3.8) is 0 Å². The van der Waals surface area contributed by atoms with Crippen LogP contribution in [0.5, 0.6) is 0 Å². The molecule has 0 saturated carbocycles. The number of fused-ring (bicyclic) bond motifs is 1. The molecule has 0 bridgehead atoms. The summed E-state index contributed by atoms with van der Waals surface area (Å²) >= 11 is 0. The fourth-order valence-electron chi connectivity index (χ4n) is 2.04. The van der Waals surface area contributed by atoms with E-state index in [9.17, 15) is 4.79 Å². The molecule has 1 aromatic carbocycles. The molecular weight excluding hydrogens is 258 g/mol. The maximum atomic E-state index is 10.7. The molecule has 0 atom stereocenters. The van der Waals surface area contributed by atoms with Crippen LogP contribution in [-0.4, -0.2) is 39.2 Å². The van der Waals surface area contributed by atoms with Gasteiger partial charge in [-0.05, 0) is 25.1 Å². The van der Waals surface area contributed by atoms with E-state index in [-0.39, 0.29) is 13.0 Å². The Morgan fingerprint density at radius 3 is 3.00 bits per heavy atom. The zero-order valence-electron chi connectivity index (χ0n) is 11.2. The summed E-state index contributed by atoms with van der Waals surface area (Å²) in [5, 5.41) is 25.4. The largest absolute Gasteiger partial charge is 0.481 e. The van der Waals surface area contributed by atoms with Gasteiger partial charge in [0.15, 0.2) is 0 Å². The third-order valence-electron chi connectivity index (χ3n) is 3.06. The van der Waals surface area contributed by atoms with Crippen molar-refractivity contribution in [3.8, 4) is 6.07 Å². The molecule has 0 fully saturated rings. The van der Waals surface area contributed by atoms with E-state index in [1.165, 1.54) is 4.68 Å². The molecular formula is C13H15N5O2. The standard InChI is InChI=1S/C13H15N5O2/c1-2-17(7-5-13(19)20)10-3-4-12-11(9-10)15-16-18(12)8-6-14/h3-4,9H,2,5,7-8H2,1H3,(H,19,20). The molecule has 1 heterocycles. The molecule has 20 heavy (non-hydrogen) atoms. The highest BCUT2D eigenvalue weighted by Gasteiger charge is 2.10. The molecule has 0 aliphatic rings. The molecule has 0 saturated heterocycles. The number of aromatic nitrogens is 3. The van der Waals surface area contributed by atoms with Gasteiger partial charge in [0.25, 0.3) is 0 Å². The Kier molecular flexibility index (Phi) is 4.15. The lowest BCUT2D eigenvalue weighted by atomic mass is 10.2. The van der Waals surface area contributed by atoms with Crippen LogP contribution in [0.15, 0.2) is 18.2 Å². The van der Waals surface area contributed by atoms with Gasteiger partial charge in [-0.1, -0.05) is 5.21 Å². The molecule has 2 rings (SSSR count). The van der Waals surface area contributed by atoms with E-state index in [0.717, 1.165) is 11.2 Å². The number of nitriles is 1. The Labute approximate surface area is 116 Å². The number of rotatable bonds is 6. The minimum absolute atomic E-state index is 0.0903. The van der Waals surface area contributed by atoms with Crippen LogP contribution < -0.4 is 4.90 Å². The predicted octanol–water partition coefficient (Wildman–Crippen LogP) is 1.26. The lowest BCUT2D eigenvalue weighted by Gasteiger charge is -2.22. The van der Waals surface area contributed by atoms with E-state index in [1.807, 2.05) is 36.1 Å². The summed E-state index contributed by atoms with van der Waals surface area (Å²) in [7, 11) is 0. The highest BCUT2D eigenvalue weighted by atomic mass is 16.4. The average Bonchev–Trinajstić information content (AvgIpc) is 2.82. The van der Waals surface area contributed by atoms with E-state index < -0.39 is 5.97 Å². The Morgan fingerprint density at radius 2 is 2.35 bits per heavy atom. The van der Waals surface area contributed by atoms with Crippen LogP contribution in [-0.2, 0) is 11.3 Å². The molecule has 7 heteroatoms. The van der Waals surface area contributed by atoms with Gasteiger partial charge in [0, 0.05) is 18.8 Å². The lowest BCUT2D eigenvalue weighted by Crippen LogP contribution is -2.25. The van der Waals surface area contributed by atoms with Crippen molar-refractivity contribution in [1.29, 1.82) is 5.26 Å². The molecule has 2 aromatic rings. The van der Waals surface area contributed by atoms with Gasteiger partial charge in [-0.2, -0.15) is 5.26 Å². The Hall–Kier alpha value is -2.62. The van der Waals surface area contributed by atoms with Crippen molar-refractivity contribution in [3.05, 3.63) is 18.2 Å². The second-order valence-electron chi connectivity index (χ2n) is 4.30. The predicted molar refractivity (Wildman–Crippen MR) is 73.3 cm³/mol. The molecule has 1 N–H and O–H groups in total. The first-order valence-electron chi connectivity index (χ1n) is 6.32. The van der Waals surface area contributed by atoms with E-state index in [4.69, 9.17) is 10.4 Å². The SMILES string of the molecule is CCN(CCC(=O)O)c1ccc2c(c1)nnn2CC#N. The third-order valence-corrected chi connectivity index (χ3v) is 3.06. The van der Waals surface area contributed by atoms with Crippen molar-refractivity contribution < 1.29 is 9.90 Å². The minimum atomic E-state index is -0.815. The van der Waals surface area contributed by atoms with Gasteiger partial charge in [-0.25, -0.2) is 4.68 Å². The molecule has 0 aliphatic heterocycles. The van der Waals surface area contributed by atoms with Gasteiger partial charge >= 0.3 is 5.97 Å². The molecule has 104 valence electrons. The van der Waals surface area contributed by atoms with Crippen LogP contribution in [0.2, 0.25) is 0 Å². The number of nitrogens with zero attached hydrogens (tertiary/aromatic N) is 5. The first-order chi connectivity index (χ1) is 9.65. The highest BCUT2D eigenvalue weighted by molar-refractivity contribution is 5.79.